The smallest absolute Gasteiger partial charge is 0.408 e. The molecular weight excluding hydrogens is 572 g/mol. The van der Waals surface area contributed by atoms with Crippen LogP contribution >= 0.6 is 0 Å². The molecule has 0 bridgehead atoms. The maximum Gasteiger partial charge on any atom is 0.408 e. The third-order valence-electron chi connectivity index (χ3n) is 6.90. The lowest BCUT2D eigenvalue weighted by molar-refractivity contribution is -0.161. The van der Waals surface area contributed by atoms with Gasteiger partial charge in [-0.25, -0.2) is 19.1 Å². The number of nitrogens with zero attached hydrogens (tertiary/aromatic N) is 4. The molecule has 0 spiro atoms. The SMILES string of the molecule is CC(C)[C@H](NC(=O)OC(C)(C)C)C(=O)OC[C@H]1O[C@@](C#N)(c2ccc3c(N)ncnn23)[C@H](O)[C@@H]1OC(=O)Cc1ccccc1. The molecule has 5 atom stereocenters. The second-order valence-corrected chi connectivity index (χ2v) is 11.7. The molecule has 0 unspecified atom stereocenters. The Morgan fingerprint density at radius 3 is 2.55 bits per heavy atom. The molecule has 3 heterocycles. The summed E-state index contributed by atoms with van der Waals surface area (Å²) < 4.78 is 23.9. The molecule has 2 aromatic heterocycles. The van der Waals surface area contributed by atoms with Crippen molar-refractivity contribution in [2.24, 2.45) is 5.92 Å². The second-order valence-electron chi connectivity index (χ2n) is 11.7. The van der Waals surface area contributed by atoms with E-state index in [0.29, 0.717) is 11.1 Å². The predicted octanol–water partition coefficient (Wildman–Crippen LogP) is 2.04. The Hall–Kier alpha value is -4.74. The van der Waals surface area contributed by atoms with Crippen molar-refractivity contribution in [2.75, 3.05) is 12.3 Å². The zero-order valence-corrected chi connectivity index (χ0v) is 25.1. The summed E-state index contributed by atoms with van der Waals surface area (Å²) in [5.41, 5.74) is 4.18. The number of nitrogens with two attached hydrogens (primary N) is 1. The Balaban J connectivity index is 1.60. The first-order valence-electron chi connectivity index (χ1n) is 14.0. The maximum absolute atomic E-state index is 13.1. The number of carbonyl (C=O) groups is 3. The average Bonchev–Trinajstić information content (AvgIpc) is 3.50. The lowest BCUT2D eigenvalue weighted by Gasteiger charge is -2.25. The number of aliphatic hydroxyl groups is 1. The number of aliphatic hydroxyl groups excluding tert-OH is 1. The van der Waals surface area contributed by atoms with Gasteiger partial charge in [0.15, 0.2) is 11.9 Å². The summed E-state index contributed by atoms with van der Waals surface area (Å²) in [5.74, 6) is -1.78. The van der Waals surface area contributed by atoms with E-state index in [2.05, 4.69) is 15.4 Å². The molecule has 1 aliphatic heterocycles. The summed E-state index contributed by atoms with van der Waals surface area (Å²) in [4.78, 5) is 42.5. The van der Waals surface area contributed by atoms with Crippen molar-refractivity contribution in [3.05, 3.63) is 60.0 Å². The molecule has 1 saturated heterocycles. The van der Waals surface area contributed by atoms with Gasteiger partial charge in [0.1, 0.15) is 48.4 Å². The third kappa shape index (κ3) is 6.90. The minimum Gasteiger partial charge on any atom is -0.461 e. The van der Waals surface area contributed by atoms with Crippen LogP contribution in [0.25, 0.3) is 5.52 Å². The van der Waals surface area contributed by atoms with Gasteiger partial charge in [0.2, 0.25) is 5.60 Å². The Morgan fingerprint density at radius 1 is 1.20 bits per heavy atom. The summed E-state index contributed by atoms with van der Waals surface area (Å²) in [6.45, 7) is 7.95. The van der Waals surface area contributed by atoms with Gasteiger partial charge in [0.25, 0.3) is 0 Å². The van der Waals surface area contributed by atoms with Crippen LogP contribution in [0.2, 0.25) is 0 Å². The number of rotatable bonds is 9. The number of ether oxygens (including phenoxy) is 4. The summed E-state index contributed by atoms with van der Waals surface area (Å²) >= 11 is 0. The van der Waals surface area contributed by atoms with Crippen LogP contribution in [0.4, 0.5) is 10.6 Å². The topological polar surface area (TPSA) is 200 Å². The third-order valence-corrected chi connectivity index (χ3v) is 6.90. The summed E-state index contributed by atoms with van der Waals surface area (Å²) in [6.07, 6.45) is -4.20. The standard InChI is InChI=1S/C30H36N6O8/c1-17(2)23(35-28(40)44-29(3,4)5)27(39)41-14-20-24(42-22(37)13-18-9-7-6-8-10-18)25(38)30(15-31,43-20)21-12-11-19-26(32)33-16-34-36(19)21/h6-12,16-17,20,23-25,38H,13-14H2,1-5H3,(H,35,40)(H2,32,33,34)/t20-,23+,24-,25-,30+/m1/s1. The zero-order valence-electron chi connectivity index (χ0n) is 25.1. The van der Waals surface area contributed by atoms with Crippen molar-refractivity contribution in [1.29, 1.82) is 5.26 Å². The normalized spacial score (nSPS) is 22.3. The number of amides is 1. The van der Waals surface area contributed by atoms with Crippen LogP contribution in [0.3, 0.4) is 0 Å². The molecule has 0 aliphatic carbocycles. The van der Waals surface area contributed by atoms with Crippen molar-refractivity contribution in [1.82, 2.24) is 19.9 Å². The van der Waals surface area contributed by atoms with E-state index in [4.69, 9.17) is 24.7 Å². The van der Waals surface area contributed by atoms with Gasteiger partial charge in [-0.1, -0.05) is 44.2 Å². The van der Waals surface area contributed by atoms with E-state index in [1.165, 1.54) is 16.9 Å². The fourth-order valence-corrected chi connectivity index (χ4v) is 4.82. The molecule has 3 aromatic rings. The largest absolute Gasteiger partial charge is 0.461 e. The second kappa shape index (κ2) is 12.9. The minimum atomic E-state index is -2.10. The highest BCUT2D eigenvalue weighted by atomic mass is 16.6. The number of esters is 2. The first-order valence-corrected chi connectivity index (χ1v) is 14.0. The molecule has 4 rings (SSSR count). The van der Waals surface area contributed by atoms with E-state index in [0.717, 1.165) is 0 Å². The van der Waals surface area contributed by atoms with Crippen LogP contribution in [-0.4, -0.2) is 74.3 Å². The van der Waals surface area contributed by atoms with Gasteiger partial charge >= 0.3 is 18.0 Å². The van der Waals surface area contributed by atoms with E-state index < -0.39 is 60.2 Å². The fraction of sp³-hybridized carbons (Fsp3) is 0.467. The van der Waals surface area contributed by atoms with Crippen molar-refractivity contribution in [3.63, 3.8) is 0 Å². The molecule has 0 saturated carbocycles. The summed E-state index contributed by atoms with van der Waals surface area (Å²) in [7, 11) is 0. The number of nitriles is 1. The van der Waals surface area contributed by atoms with Gasteiger partial charge in [-0.15, -0.1) is 0 Å². The van der Waals surface area contributed by atoms with Crippen LogP contribution < -0.4 is 11.1 Å². The van der Waals surface area contributed by atoms with Gasteiger partial charge in [-0.2, -0.15) is 10.4 Å². The van der Waals surface area contributed by atoms with Gasteiger partial charge < -0.3 is 35.1 Å². The Labute approximate surface area is 254 Å². The lowest BCUT2D eigenvalue weighted by Crippen LogP contribution is -2.48. The highest BCUT2D eigenvalue weighted by Gasteiger charge is 2.60. The molecule has 14 nitrogen and oxygen atoms in total. The van der Waals surface area contributed by atoms with Gasteiger partial charge in [0.05, 0.1) is 12.1 Å². The molecule has 1 fully saturated rings. The number of hydrogen-bond acceptors (Lipinski definition) is 12. The van der Waals surface area contributed by atoms with Crippen LogP contribution in [0.5, 0.6) is 0 Å². The van der Waals surface area contributed by atoms with Crippen LogP contribution in [-0.2, 0) is 40.6 Å². The minimum absolute atomic E-state index is 0.0983. The number of alkyl carbamates (subject to hydrolysis) is 1. The first-order chi connectivity index (χ1) is 20.8. The average molecular weight is 609 g/mol. The Bertz CT molecular complexity index is 1550. The van der Waals surface area contributed by atoms with E-state index in [1.54, 1.807) is 71.0 Å². The molecule has 0 radical (unpaired) electrons. The quantitative estimate of drug-likeness (QED) is 0.236. The van der Waals surface area contributed by atoms with Crippen LogP contribution in [0.15, 0.2) is 48.8 Å². The summed E-state index contributed by atoms with van der Waals surface area (Å²) in [6, 6.07) is 12.8. The van der Waals surface area contributed by atoms with E-state index in [9.17, 15) is 24.8 Å². The molecule has 1 aliphatic rings. The van der Waals surface area contributed by atoms with E-state index in [1.807, 2.05) is 6.07 Å². The number of carbonyl (C=O) groups excluding carboxylic acids is 3. The molecule has 1 aromatic carbocycles. The van der Waals surface area contributed by atoms with Crippen molar-refractivity contribution < 1.29 is 38.4 Å². The molecule has 14 heteroatoms. The number of benzene rings is 1. The van der Waals surface area contributed by atoms with Crippen molar-refractivity contribution in [2.45, 2.75) is 76.6 Å². The molecule has 4 N–H and O–H groups in total. The first kappa shape index (κ1) is 32.2. The molecule has 234 valence electrons. The zero-order chi connectivity index (χ0) is 32.2. The highest BCUT2D eigenvalue weighted by Crippen LogP contribution is 2.42. The van der Waals surface area contributed by atoms with Crippen LogP contribution in [0, 0.1) is 17.2 Å². The lowest BCUT2D eigenvalue weighted by atomic mass is 9.92. The predicted molar refractivity (Wildman–Crippen MR) is 155 cm³/mol. The molecule has 44 heavy (non-hydrogen) atoms. The number of nitrogens with one attached hydrogen (secondary N) is 1. The van der Waals surface area contributed by atoms with Gasteiger partial charge in [-0.3, -0.25) is 4.79 Å². The van der Waals surface area contributed by atoms with E-state index in [-0.39, 0.29) is 23.9 Å². The highest BCUT2D eigenvalue weighted by molar-refractivity contribution is 5.81. The fourth-order valence-electron chi connectivity index (χ4n) is 4.82. The Kier molecular flexibility index (Phi) is 9.41. The van der Waals surface area contributed by atoms with Gasteiger partial charge in [-0.05, 0) is 44.4 Å². The number of hydrogen-bond donors (Lipinski definition) is 3. The molecule has 1 amide bonds. The number of nitrogen functional groups attached to an aromatic ring is 1. The van der Waals surface area contributed by atoms with E-state index >= 15 is 0 Å². The maximum atomic E-state index is 13.1. The number of aromatic nitrogens is 3. The monoisotopic (exact) mass is 608 g/mol. The summed E-state index contributed by atoms with van der Waals surface area (Å²) in [5, 5.41) is 28.6. The number of anilines is 1. The van der Waals surface area contributed by atoms with Crippen molar-refractivity contribution >= 4 is 29.4 Å². The van der Waals surface area contributed by atoms with Crippen molar-refractivity contribution in [3.8, 4) is 6.07 Å². The van der Waals surface area contributed by atoms with Crippen LogP contribution in [0.1, 0.15) is 45.9 Å². The Morgan fingerprint density at radius 2 is 1.91 bits per heavy atom. The molecular formula is C30H36N6O8. The van der Waals surface area contributed by atoms with Gasteiger partial charge in [0, 0.05) is 0 Å². The number of fused-ring (bicyclic) bond motifs is 1.